The van der Waals surface area contributed by atoms with Gasteiger partial charge in [-0.05, 0) is 19.1 Å². The van der Waals surface area contributed by atoms with E-state index in [-0.39, 0.29) is 0 Å². The van der Waals surface area contributed by atoms with Gasteiger partial charge in [-0.2, -0.15) is 0 Å². The summed E-state index contributed by atoms with van der Waals surface area (Å²) < 4.78 is 24.8. The average Bonchev–Trinajstić information content (AvgIpc) is 2.31. The summed E-state index contributed by atoms with van der Waals surface area (Å²) in [6.45, 7) is 2.04. The Balaban J connectivity index is 2.80. The van der Waals surface area contributed by atoms with E-state index in [1.54, 1.807) is 25.3 Å². The number of rotatable bonds is 3. The lowest BCUT2D eigenvalue weighted by Crippen LogP contribution is -2.30. The number of hydrogen-bond donors (Lipinski definition) is 1. The predicted molar refractivity (Wildman–Crippen MR) is 71.8 cm³/mol. The first-order valence-corrected chi connectivity index (χ1v) is 7.27. The molecule has 18 heavy (non-hydrogen) atoms. The van der Waals surface area contributed by atoms with Gasteiger partial charge in [-0.1, -0.05) is 0 Å². The van der Waals surface area contributed by atoms with Gasteiger partial charge in [-0.15, -0.1) is 0 Å². The van der Waals surface area contributed by atoms with Crippen molar-refractivity contribution in [2.45, 2.75) is 6.92 Å². The third kappa shape index (κ3) is 2.08. The number of benzene rings is 1. The molecule has 1 heterocycles. The summed E-state index contributed by atoms with van der Waals surface area (Å²) in [4.78, 5) is 8.32. The van der Waals surface area contributed by atoms with Gasteiger partial charge < -0.3 is 5.73 Å². The van der Waals surface area contributed by atoms with Gasteiger partial charge in [0.15, 0.2) is 0 Å². The van der Waals surface area contributed by atoms with Crippen molar-refractivity contribution in [1.82, 2.24) is 9.97 Å². The van der Waals surface area contributed by atoms with Gasteiger partial charge in [0.25, 0.3) is 0 Å². The lowest BCUT2D eigenvalue weighted by Gasteiger charge is -2.22. The third-order valence-corrected chi connectivity index (χ3v) is 3.82. The van der Waals surface area contributed by atoms with E-state index in [0.717, 1.165) is 6.26 Å². The largest absolute Gasteiger partial charge is 0.397 e. The summed E-state index contributed by atoms with van der Waals surface area (Å²) in [5.74, 6) is 0. The number of sulfonamides is 1. The summed E-state index contributed by atoms with van der Waals surface area (Å²) in [6, 6.07) is 3.36. The summed E-state index contributed by atoms with van der Waals surface area (Å²) in [5, 5.41) is 0. The third-order valence-electron chi connectivity index (χ3n) is 2.58. The maximum atomic E-state index is 11.8. The molecule has 2 rings (SSSR count). The van der Waals surface area contributed by atoms with Gasteiger partial charge in [-0.25, -0.2) is 8.42 Å². The fourth-order valence-corrected chi connectivity index (χ4v) is 2.85. The highest BCUT2D eigenvalue weighted by Gasteiger charge is 2.21. The van der Waals surface area contributed by atoms with Crippen LogP contribution in [-0.4, -0.2) is 31.2 Å². The second-order valence-electron chi connectivity index (χ2n) is 3.86. The first-order valence-electron chi connectivity index (χ1n) is 5.42. The molecular formula is C11H14N4O2S. The smallest absolute Gasteiger partial charge is 0.232 e. The number of fused-ring (bicyclic) bond motifs is 1. The fourth-order valence-electron chi connectivity index (χ4n) is 1.86. The van der Waals surface area contributed by atoms with Crippen LogP contribution >= 0.6 is 0 Å². The van der Waals surface area contributed by atoms with Gasteiger partial charge in [0, 0.05) is 18.9 Å². The number of anilines is 2. The summed E-state index contributed by atoms with van der Waals surface area (Å²) in [7, 11) is -3.40. The van der Waals surface area contributed by atoms with Crippen LogP contribution in [0.15, 0.2) is 24.5 Å². The molecule has 0 atom stereocenters. The number of aromatic nitrogens is 2. The van der Waals surface area contributed by atoms with Crippen LogP contribution in [0, 0.1) is 0 Å². The molecule has 0 radical (unpaired) electrons. The molecule has 6 nitrogen and oxygen atoms in total. The lowest BCUT2D eigenvalue weighted by molar-refractivity contribution is 0.598. The van der Waals surface area contributed by atoms with Crippen molar-refractivity contribution in [2.24, 2.45) is 0 Å². The van der Waals surface area contributed by atoms with Crippen LogP contribution < -0.4 is 10.0 Å². The van der Waals surface area contributed by atoms with Gasteiger partial charge in [-0.3, -0.25) is 14.3 Å². The molecule has 2 N–H and O–H groups in total. The minimum atomic E-state index is -3.40. The van der Waals surface area contributed by atoms with Gasteiger partial charge in [0.1, 0.15) is 11.2 Å². The zero-order valence-corrected chi connectivity index (χ0v) is 11.0. The van der Waals surface area contributed by atoms with Crippen molar-refractivity contribution in [1.29, 1.82) is 0 Å². The number of nitrogens with zero attached hydrogens (tertiary/aromatic N) is 3. The molecular weight excluding hydrogens is 252 g/mol. The van der Waals surface area contributed by atoms with Crippen molar-refractivity contribution >= 4 is 32.4 Å². The zero-order chi connectivity index (χ0) is 13.3. The second-order valence-corrected chi connectivity index (χ2v) is 5.76. The molecule has 0 saturated carbocycles. The summed E-state index contributed by atoms with van der Waals surface area (Å²) in [6.07, 6.45) is 4.21. The normalized spacial score (nSPS) is 11.7. The van der Waals surface area contributed by atoms with E-state index in [9.17, 15) is 8.42 Å². The van der Waals surface area contributed by atoms with Gasteiger partial charge in [0.05, 0.1) is 17.5 Å². The van der Waals surface area contributed by atoms with Crippen molar-refractivity contribution in [2.75, 3.05) is 22.8 Å². The molecule has 1 aromatic heterocycles. The first-order chi connectivity index (χ1) is 8.45. The highest BCUT2D eigenvalue weighted by atomic mass is 32.2. The van der Waals surface area contributed by atoms with E-state index in [1.807, 2.05) is 0 Å². The Kier molecular flexibility index (Phi) is 3.08. The minimum absolute atomic E-state index is 0.290. The van der Waals surface area contributed by atoms with Crippen LogP contribution in [0.2, 0.25) is 0 Å². The minimum Gasteiger partial charge on any atom is -0.397 e. The molecule has 0 saturated heterocycles. The Hall–Kier alpha value is -1.89. The molecule has 0 fully saturated rings. The average molecular weight is 266 g/mol. The Morgan fingerprint density at radius 1 is 1.28 bits per heavy atom. The van der Waals surface area contributed by atoms with Gasteiger partial charge in [0.2, 0.25) is 10.0 Å². The lowest BCUT2D eigenvalue weighted by atomic mass is 10.2. The molecule has 96 valence electrons. The molecule has 7 heteroatoms. The molecule has 0 aliphatic rings. The Morgan fingerprint density at radius 3 is 2.56 bits per heavy atom. The maximum absolute atomic E-state index is 11.8. The van der Waals surface area contributed by atoms with Crippen LogP contribution in [0.5, 0.6) is 0 Å². The van der Waals surface area contributed by atoms with E-state index in [4.69, 9.17) is 5.73 Å². The standard InChI is InChI=1S/C11H14N4O2S/c1-3-15(18(2,16)17)11-8(12)4-5-9-10(11)14-7-6-13-9/h4-7H,3,12H2,1-2H3. The quantitative estimate of drug-likeness (QED) is 0.837. The molecule has 2 aromatic rings. The highest BCUT2D eigenvalue weighted by molar-refractivity contribution is 7.92. The molecule has 1 aromatic carbocycles. The predicted octanol–water partition coefficient (Wildman–Crippen LogP) is 0.998. The molecule has 0 bridgehead atoms. The Morgan fingerprint density at radius 2 is 1.94 bits per heavy atom. The highest BCUT2D eigenvalue weighted by Crippen LogP contribution is 2.31. The van der Waals surface area contributed by atoms with E-state index < -0.39 is 10.0 Å². The first kappa shape index (κ1) is 12.6. The molecule has 0 aliphatic carbocycles. The van der Waals surface area contributed by atoms with E-state index in [0.29, 0.717) is 29.0 Å². The zero-order valence-electron chi connectivity index (χ0n) is 10.2. The SMILES string of the molecule is CCN(c1c(N)ccc2nccnc12)S(C)(=O)=O. The topological polar surface area (TPSA) is 89.2 Å². The summed E-state index contributed by atoms with van der Waals surface area (Å²) >= 11 is 0. The van der Waals surface area contributed by atoms with Crippen LogP contribution in [0.1, 0.15) is 6.92 Å². The number of nitrogen functional groups attached to an aromatic ring is 1. The Bertz CT molecular complexity index is 685. The molecule has 0 spiro atoms. The van der Waals surface area contributed by atoms with E-state index in [1.165, 1.54) is 10.5 Å². The number of nitrogens with two attached hydrogens (primary N) is 1. The molecule has 0 unspecified atom stereocenters. The second kappa shape index (κ2) is 4.41. The van der Waals surface area contributed by atoms with Crippen LogP contribution in [0.25, 0.3) is 11.0 Å². The Labute approximate surface area is 106 Å². The summed E-state index contributed by atoms with van der Waals surface area (Å²) in [5.41, 5.74) is 7.76. The van der Waals surface area contributed by atoms with E-state index in [2.05, 4.69) is 9.97 Å². The van der Waals surface area contributed by atoms with E-state index >= 15 is 0 Å². The monoisotopic (exact) mass is 266 g/mol. The van der Waals surface area contributed by atoms with Crippen molar-refractivity contribution < 1.29 is 8.42 Å². The van der Waals surface area contributed by atoms with Crippen molar-refractivity contribution in [3.63, 3.8) is 0 Å². The number of hydrogen-bond acceptors (Lipinski definition) is 5. The van der Waals surface area contributed by atoms with Crippen molar-refractivity contribution in [3.05, 3.63) is 24.5 Å². The van der Waals surface area contributed by atoms with Gasteiger partial charge >= 0.3 is 0 Å². The fraction of sp³-hybridized carbons (Fsp3) is 0.273. The maximum Gasteiger partial charge on any atom is 0.232 e. The van der Waals surface area contributed by atoms with Crippen LogP contribution in [0.3, 0.4) is 0 Å². The van der Waals surface area contributed by atoms with Crippen LogP contribution in [-0.2, 0) is 10.0 Å². The molecule has 0 amide bonds. The van der Waals surface area contributed by atoms with Crippen molar-refractivity contribution in [3.8, 4) is 0 Å². The van der Waals surface area contributed by atoms with Crippen LogP contribution in [0.4, 0.5) is 11.4 Å². The molecule has 0 aliphatic heterocycles.